The quantitative estimate of drug-likeness (QED) is 0.666. The van der Waals surface area contributed by atoms with E-state index in [1.165, 1.54) is 24.3 Å². The zero-order chi connectivity index (χ0) is 17.7. The predicted molar refractivity (Wildman–Crippen MR) is 79.2 cm³/mol. The van der Waals surface area contributed by atoms with Crippen LogP contribution < -0.4 is 5.32 Å². The highest BCUT2D eigenvalue weighted by atomic mass is 19.4. The SMILES string of the molecule is N#Cc1nc(NCCc2ccc(C(F)(F)F)cc2)ccc1[N+](=O)[O-]. The Labute approximate surface area is 134 Å². The Morgan fingerprint density at radius 1 is 1.21 bits per heavy atom. The van der Waals surface area contributed by atoms with Crippen LogP contribution in [0.3, 0.4) is 0 Å². The van der Waals surface area contributed by atoms with Crippen molar-refractivity contribution >= 4 is 11.5 Å². The molecule has 1 aromatic carbocycles. The van der Waals surface area contributed by atoms with Crippen molar-refractivity contribution in [2.24, 2.45) is 0 Å². The van der Waals surface area contributed by atoms with Gasteiger partial charge in [-0.1, -0.05) is 12.1 Å². The van der Waals surface area contributed by atoms with E-state index in [0.29, 0.717) is 18.5 Å². The predicted octanol–water partition coefficient (Wildman–Crippen LogP) is 3.53. The van der Waals surface area contributed by atoms with Crippen LogP contribution in [0, 0.1) is 21.4 Å². The third kappa shape index (κ3) is 4.19. The Bertz CT molecular complexity index is 783. The molecule has 6 nitrogen and oxygen atoms in total. The Balaban J connectivity index is 1.97. The third-order valence-electron chi connectivity index (χ3n) is 3.18. The molecule has 0 bridgehead atoms. The molecule has 0 saturated heterocycles. The van der Waals surface area contributed by atoms with Gasteiger partial charge in [0.1, 0.15) is 11.9 Å². The average molecular weight is 336 g/mol. The summed E-state index contributed by atoms with van der Waals surface area (Å²) in [6, 6.07) is 8.97. The van der Waals surface area contributed by atoms with Gasteiger partial charge in [0.2, 0.25) is 5.69 Å². The lowest BCUT2D eigenvalue weighted by Crippen LogP contribution is -2.08. The molecule has 2 aromatic rings. The summed E-state index contributed by atoms with van der Waals surface area (Å²) in [5.74, 6) is 0.282. The highest BCUT2D eigenvalue weighted by molar-refractivity contribution is 5.50. The molecule has 24 heavy (non-hydrogen) atoms. The summed E-state index contributed by atoms with van der Waals surface area (Å²) in [5.41, 5.74) is -0.710. The van der Waals surface area contributed by atoms with Crippen molar-refractivity contribution in [1.29, 1.82) is 5.26 Å². The standard InChI is InChI=1S/C15H11F3N4O2/c16-15(17,18)11-3-1-10(2-4-11)7-8-20-14-6-5-13(22(23)24)12(9-19)21-14/h1-6H,7-8H2,(H,20,21). The zero-order valence-corrected chi connectivity index (χ0v) is 12.2. The molecule has 0 aliphatic heterocycles. The number of benzene rings is 1. The van der Waals surface area contributed by atoms with Crippen molar-refractivity contribution in [3.8, 4) is 6.07 Å². The average Bonchev–Trinajstić information content (AvgIpc) is 2.54. The largest absolute Gasteiger partial charge is 0.416 e. The van der Waals surface area contributed by atoms with Crippen molar-refractivity contribution in [1.82, 2.24) is 4.98 Å². The van der Waals surface area contributed by atoms with Crippen LogP contribution in [0.5, 0.6) is 0 Å². The van der Waals surface area contributed by atoms with Gasteiger partial charge in [0.15, 0.2) is 0 Å². The van der Waals surface area contributed by atoms with Gasteiger partial charge in [-0.3, -0.25) is 10.1 Å². The first-order valence-electron chi connectivity index (χ1n) is 6.77. The topological polar surface area (TPSA) is 91.8 Å². The van der Waals surface area contributed by atoms with E-state index in [4.69, 9.17) is 5.26 Å². The first-order chi connectivity index (χ1) is 11.3. The van der Waals surface area contributed by atoms with Crippen LogP contribution in [0.25, 0.3) is 0 Å². The van der Waals surface area contributed by atoms with Gasteiger partial charge < -0.3 is 5.32 Å². The fourth-order valence-corrected chi connectivity index (χ4v) is 1.98. The van der Waals surface area contributed by atoms with E-state index in [0.717, 1.165) is 12.1 Å². The number of nitro groups is 1. The van der Waals surface area contributed by atoms with Gasteiger partial charge in [-0.25, -0.2) is 4.98 Å². The molecule has 0 aliphatic rings. The van der Waals surface area contributed by atoms with E-state index >= 15 is 0 Å². The van der Waals surface area contributed by atoms with Crippen LogP contribution in [0.2, 0.25) is 0 Å². The number of nitriles is 1. The number of alkyl halides is 3. The Hall–Kier alpha value is -3.15. The Morgan fingerprint density at radius 3 is 2.42 bits per heavy atom. The summed E-state index contributed by atoms with van der Waals surface area (Å²) < 4.78 is 37.4. The molecule has 1 heterocycles. The molecule has 9 heteroatoms. The summed E-state index contributed by atoms with van der Waals surface area (Å²) in [5, 5.41) is 22.4. The fourth-order valence-electron chi connectivity index (χ4n) is 1.98. The monoisotopic (exact) mass is 336 g/mol. The number of anilines is 1. The minimum atomic E-state index is -4.37. The van der Waals surface area contributed by atoms with Crippen molar-refractivity contribution in [3.05, 3.63) is 63.3 Å². The maximum Gasteiger partial charge on any atom is 0.416 e. The molecule has 0 amide bonds. The Morgan fingerprint density at radius 2 is 1.88 bits per heavy atom. The van der Waals surface area contributed by atoms with Gasteiger partial charge >= 0.3 is 11.9 Å². The van der Waals surface area contributed by atoms with Crippen LogP contribution in [0.1, 0.15) is 16.8 Å². The van der Waals surface area contributed by atoms with Crippen molar-refractivity contribution in [2.45, 2.75) is 12.6 Å². The van der Waals surface area contributed by atoms with Crippen LogP contribution in [0.4, 0.5) is 24.7 Å². The summed E-state index contributed by atoms with van der Waals surface area (Å²) >= 11 is 0. The molecule has 2 rings (SSSR count). The second kappa shape index (κ2) is 6.95. The first kappa shape index (κ1) is 17.2. The molecule has 124 valence electrons. The van der Waals surface area contributed by atoms with E-state index in [-0.39, 0.29) is 17.2 Å². The molecule has 1 N–H and O–H groups in total. The van der Waals surface area contributed by atoms with E-state index < -0.39 is 16.7 Å². The molecular formula is C15H11F3N4O2. The molecule has 0 aliphatic carbocycles. The number of rotatable bonds is 5. The highest BCUT2D eigenvalue weighted by Crippen LogP contribution is 2.29. The van der Waals surface area contributed by atoms with Crippen LogP contribution in [-0.2, 0) is 12.6 Å². The van der Waals surface area contributed by atoms with E-state index in [1.54, 1.807) is 6.07 Å². The van der Waals surface area contributed by atoms with Crippen molar-refractivity contribution in [3.63, 3.8) is 0 Å². The molecule has 0 spiro atoms. The van der Waals surface area contributed by atoms with E-state index in [9.17, 15) is 23.3 Å². The number of pyridine rings is 1. The smallest absolute Gasteiger partial charge is 0.370 e. The van der Waals surface area contributed by atoms with Gasteiger partial charge in [-0.2, -0.15) is 18.4 Å². The third-order valence-corrected chi connectivity index (χ3v) is 3.18. The summed E-state index contributed by atoms with van der Waals surface area (Å²) in [6.45, 7) is 0.348. The maximum atomic E-state index is 12.5. The van der Waals surface area contributed by atoms with E-state index in [1.807, 2.05) is 0 Å². The lowest BCUT2D eigenvalue weighted by molar-refractivity contribution is -0.385. The van der Waals surface area contributed by atoms with Crippen molar-refractivity contribution in [2.75, 3.05) is 11.9 Å². The van der Waals surface area contributed by atoms with Crippen LogP contribution in [0.15, 0.2) is 36.4 Å². The Kier molecular flexibility index (Phi) is 4.99. The second-order valence-corrected chi connectivity index (χ2v) is 4.80. The van der Waals surface area contributed by atoms with Gasteiger partial charge in [0.05, 0.1) is 10.5 Å². The normalized spacial score (nSPS) is 10.9. The minimum absolute atomic E-state index is 0.282. The molecular weight excluding hydrogens is 325 g/mol. The number of hydrogen-bond acceptors (Lipinski definition) is 5. The van der Waals surface area contributed by atoms with Gasteiger partial charge in [-0.05, 0) is 30.2 Å². The number of nitrogens with zero attached hydrogens (tertiary/aromatic N) is 3. The molecule has 0 saturated carbocycles. The summed E-state index contributed by atoms with van der Waals surface area (Å²) in [7, 11) is 0. The van der Waals surface area contributed by atoms with Crippen LogP contribution >= 0.6 is 0 Å². The molecule has 0 radical (unpaired) electrons. The molecule has 1 aromatic heterocycles. The van der Waals surface area contributed by atoms with E-state index in [2.05, 4.69) is 10.3 Å². The number of aromatic nitrogens is 1. The van der Waals surface area contributed by atoms with Gasteiger partial charge in [0, 0.05) is 12.6 Å². The molecule has 0 atom stereocenters. The second-order valence-electron chi connectivity index (χ2n) is 4.80. The zero-order valence-electron chi connectivity index (χ0n) is 12.2. The highest BCUT2D eigenvalue weighted by Gasteiger charge is 2.29. The fraction of sp³-hybridized carbons (Fsp3) is 0.200. The number of nitrogens with one attached hydrogen (secondary N) is 1. The first-order valence-corrected chi connectivity index (χ1v) is 6.77. The maximum absolute atomic E-state index is 12.5. The van der Waals surface area contributed by atoms with Gasteiger partial charge in [0.25, 0.3) is 0 Å². The summed E-state index contributed by atoms with van der Waals surface area (Å²) in [6.07, 6.45) is -3.94. The lowest BCUT2D eigenvalue weighted by Gasteiger charge is -2.08. The number of halogens is 3. The number of hydrogen-bond donors (Lipinski definition) is 1. The summed E-state index contributed by atoms with van der Waals surface area (Å²) in [4.78, 5) is 13.8. The van der Waals surface area contributed by atoms with Gasteiger partial charge in [-0.15, -0.1) is 0 Å². The minimum Gasteiger partial charge on any atom is -0.370 e. The molecule has 0 unspecified atom stereocenters. The molecule has 0 fully saturated rings. The van der Waals surface area contributed by atoms with Crippen molar-refractivity contribution < 1.29 is 18.1 Å². The van der Waals surface area contributed by atoms with Crippen LogP contribution in [-0.4, -0.2) is 16.5 Å². The lowest BCUT2D eigenvalue weighted by atomic mass is 10.1.